The molecule has 0 bridgehead atoms. The van der Waals surface area contributed by atoms with Crippen molar-refractivity contribution >= 4 is 18.5 Å². The van der Waals surface area contributed by atoms with E-state index in [-0.39, 0.29) is 12.6 Å². The van der Waals surface area contributed by atoms with Gasteiger partial charge in [-0.2, -0.15) is 0 Å². The zero-order valence-corrected chi connectivity index (χ0v) is 18.5. The van der Waals surface area contributed by atoms with Crippen LogP contribution in [0.1, 0.15) is 55.7 Å². The molecule has 1 atom stereocenters. The van der Waals surface area contributed by atoms with E-state index in [1.54, 1.807) is 36.4 Å². The number of nitrogens with one attached hydrogen (secondary N) is 2. The first-order valence-corrected chi connectivity index (χ1v) is 10.8. The number of hydrogen-bond acceptors (Lipinski definition) is 8. The van der Waals surface area contributed by atoms with Gasteiger partial charge in [0.25, 0.3) is 0 Å². The fourth-order valence-corrected chi connectivity index (χ4v) is 3.25. The minimum atomic E-state index is -0.686. The topological polar surface area (TPSA) is 145 Å². The van der Waals surface area contributed by atoms with Gasteiger partial charge in [0.1, 0.15) is 18.3 Å². The van der Waals surface area contributed by atoms with Crippen molar-refractivity contribution < 1.29 is 18.7 Å². The summed E-state index contributed by atoms with van der Waals surface area (Å²) in [6.07, 6.45) is 5.86. The van der Waals surface area contributed by atoms with Crippen molar-refractivity contribution in [2.45, 2.75) is 45.3 Å². The molecule has 0 aliphatic heterocycles. The summed E-state index contributed by atoms with van der Waals surface area (Å²) in [5.74, 6) is 0.553. The molecule has 4 N–H and O–H groups in total. The summed E-state index contributed by atoms with van der Waals surface area (Å²) < 4.78 is 10.7. The Balaban J connectivity index is 1.70. The zero-order chi connectivity index (χ0) is 23.5. The molecular weight excluding hydrogens is 424 g/mol. The smallest absolute Gasteiger partial charge is 0.407 e. The van der Waals surface area contributed by atoms with Gasteiger partial charge in [-0.3, -0.25) is 9.78 Å². The van der Waals surface area contributed by atoms with Crippen LogP contribution >= 0.6 is 0 Å². The highest BCUT2D eigenvalue weighted by Crippen LogP contribution is 2.25. The lowest BCUT2D eigenvalue weighted by Crippen LogP contribution is -2.26. The van der Waals surface area contributed by atoms with Crippen LogP contribution in [0.3, 0.4) is 0 Å². The summed E-state index contributed by atoms with van der Waals surface area (Å²) in [6, 6.07) is 9.71. The molecule has 0 saturated heterocycles. The van der Waals surface area contributed by atoms with Crippen LogP contribution in [0.5, 0.6) is 0 Å². The van der Waals surface area contributed by atoms with Crippen molar-refractivity contribution in [2.24, 2.45) is 0 Å². The highest BCUT2D eigenvalue weighted by atomic mass is 16.5. The minimum absolute atomic E-state index is 0.00794. The first kappa shape index (κ1) is 23.7. The predicted molar refractivity (Wildman–Crippen MR) is 122 cm³/mol. The molecule has 0 saturated carbocycles. The Morgan fingerprint density at radius 3 is 2.79 bits per heavy atom. The van der Waals surface area contributed by atoms with E-state index >= 15 is 0 Å². The highest BCUT2D eigenvalue weighted by Gasteiger charge is 2.20. The van der Waals surface area contributed by atoms with Gasteiger partial charge in [-0.15, -0.1) is 0 Å². The third-order valence-corrected chi connectivity index (χ3v) is 4.84. The lowest BCUT2D eigenvalue weighted by atomic mass is 10.1. The van der Waals surface area contributed by atoms with Gasteiger partial charge in [0.05, 0.1) is 23.3 Å². The van der Waals surface area contributed by atoms with Crippen LogP contribution < -0.4 is 16.4 Å². The van der Waals surface area contributed by atoms with Crippen molar-refractivity contribution in [3.63, 3.8) is 0 Å². The summed E-state index contributed by atoms with van der Waals surface area (Å²) >= 11 is 0. The highest BCUT2D eigenvalue weighted by molar-refractivity contribution is 5.67. The number of ether oxygens (including phenoxy) is 1. The number of anilines is 1. The third-order valence-electron chi connectivity index (χ3n) is 4.84. The molecule has 0 radical (unpaired) electrons. The standard InChI is InChI=1S/C23H28N6O4/c1-2-3-4-5-11-25-23(31)33-14-16-8-6-9-17(27-16)21(26-15-30)19-13-18(28-22(24)29-19)20-10-7-12-32-20/h6-10,12-13,15,21H,2-5,11,14H2,1H3,(H,25,31)(H,26,30)(H2,24,28,29). The lowest BCUT2D eigenvalue weighted by molar-refractivity contribution is -0.110. The van der Waals surface area contributed by atoms with Gasteiger partial charge in [0, 0.05) is 6.54 Å². The Labute approximate surface area is 192 Å². The first-order valence-electron chi connectivity index (χ1n) is 10.8. The number of nitrogen functional groups attached to an aromatic ring is 1. The predicted octanol–water partition coefficient (Wildman–Crippen LogP) is 3.36. The molecule has 3 heterocycles. The van der Waals surface area contributed by atoms with E-state index < -0.39 is 12.1 Å². The molecular formula is C23H28N6O4. The molecule has 10 nitrogen and oxygen atoms in total. The number of pyridine rings is 1. The average molecular weight is 453 g/mol. The Kier molecular flexibility index (Phi) is 8.75. The van der Waals surface area contributed by atoms with E-state index in [9.17, 15) is 9.59 Å². The molecule has 0 aliphatic rings. The van der Waals surface area contributed by atoms with Crippen molar-refractivity contribution in [1.29, 1.82) is 0 Å². The number of carbonyl (C=O) groups excluding carboxylic acids is 2. The number of furan rings is 1. The lowest BCUT2D eigenvalue weighted by Gasteiger charge is -2.17. The second-order valence-corrected chi connectivity index (χ2v) is 7.35. The number of nitrogens with two attached hydrogens (primary N) is 1. The summed E-state index contributed by atoms with van der Waals surface area (Å²) in [5, 5.41) is 5.45. The van der Waals surface area contributed by atoms with Crippen LogP contribution in [-0.4, -0.2) is 34.0 Å². The average Bonchev–Trinajstić information content (AvgIpc) is 3.36. The molecule has 33 heavy (non-hydrogen) atoms. The molecule has 1 unspecified atom stereocenters. The summed E-state index contributed by atoms with van der Waals surface area (Å²) in [5.41, 5.74) is 7.85. The monoisotopic (exact) mass is 452 g/mol. The maximum Gasteiger partial charge on any atom is 0.407 e. The fraction of sp³-hybridized carbons (Fsp3) is 0.348. The zero-order valence-electron chi connectivity index (χ0n) is 18.5. The van der Waals surface area contributed by atoms with Crippen LogP contribution in [0, 0.1) is 0 Å². The molecule has 10 heteroatoms. The van der Waals surface area contributed by atoms with Gasteiger partial charge < -0.3 is 25.5 Å². The SMILES string of the molecule is CCCCCCNC(=O)OCc1cccc(C(NC=O)c2cc(-c3ccco3)nc(N)n2)n1. The Hall–Kier alpha value is -3.95. The van der Waals surface area contributed by atoms with Crippen molar-refractivity contribution in [1.82, 2.24) is 25.6 Å². The number of carbonyl (C=O) groups is 2. The molecule has 0 fully saturated rings. The Morgan fingerprint density at radius 2 is 2.03 bits per heavy atom. The van der Waals surface area contributed by atoms with Crippen LogP contribution in [0.2, 0.25) is 0 Å². The third kappa shape index (κ3) is 7.03. The number of rotatable bonds is 12. The van der Waals surface area contributed by atoms with E-state index in [4.69, 9.17) is 14.9 Å². The number of aromatic nitrogens is 3. The second kappa shape index (κ2) is 12.2. The number of nitrogens with zero attached hydrogens (tertiary/aromatic N) is 3. The molecule has 3 aromatic heterocycles. The molecule has 3 rings (SSSR count). The number of amides is 2. The molecule has 0 spiro atoms. The molecule has 0 aliphatic carbocycles. The van der Waals surface area contributed by atoms with Crippen LogP contribution in [-0.2, 0) is 16.1 Å². The molecule has 2 amide bonds. The molecule has 0 aromatic carbocycles. The largest absolute Gasteiger partial charge is 0.463 e. The Morgan fingerprint density at radius 1 is 1.15 bits per heavy atom. The number of alkyl carbamates (subject to hydrolysis) is 1. The van der Waals surface area contributed by atoms with Gasteiger partial charge in [-0.1, -0.05) is 32.3 Å². The molecule has 174 valence electrons. The summed E-state index contributed by atoms with van der Waals surface area (Å²) in [6.45, 7) is 2.70. The maximum atomic E-state index is 11.9. The van der Waals surface area contributed by atoms with Gasteiger partial charge in [-0.25, -0.2) is 14.8 Å². The van der Waals surface area contributed by atoms with Gasteiger partial charge in [0.2, 0.25) is 12.4 Å². The van der Waals surface area contributed by atoms with E-state index in [1.165, 1.54) is 6.26 Å². The number of unbranched alkanes of at least 4 members (excludes halogenated alkanes) is 3. The first-order chi connectivity index (χ1) is 16.1. The normalized spacial score (nSPS) is 11.5. The van der Waals surface area contributed by atoms with E-state index in [0.29, 0.717) is 41.5 Å². The Bertz CT molecular complexity index is 1040. The number of hydrogen-bond donors (Lipinski definition) is 3. The van der Waals surface area contributed by atoms with E-state index in [0.717, 1.165) is 25.7 Å². The quantitative estimate of drug-likeness (QED) is 0.280. The van der Waals surface area contributed by atoms with E-state index in [2.05, 4.69) is 32.5 Å². The summed E-state index contributed by atoms with van der Waals surface area (Å²) in [4.78, 5) is 36.2. The van der Waals surface area contributed by atoms with Gasteiger partial charge >= 0.3 is 6.09 Å². The van der Waals surface area contributed by atoms with Crippen LogP contribution in [0.25, 0.3) is 11.5 Å². The van der Waals surface area contributed by atoms with Crippen molar-refractivity contribution in [3.8, 4) is 11.5 Å². The summed E-state index contributed by atoms with van der Waals surface area (Å²) in [7, 11) is 0. The van der Waals surface area contributed by atoms with Crippen molar-refractivity contribution in [2.75, 3.05) is 12.3 Å². The van der Waals surface area contributed by atoms with Gasteiger partial charge in [0.15, 0.2) is 5.76 Å². The maximum absolute atomic E-state index is 11.9. The minimum Gasteiger partial charge on any atom is -0.463 e. The fourth-order valence-electron chi connectivity index (χ4n) is 3.25. The van der Waals surface area contributed by atoms with Crippen LogP contribution in [0.15, 0.2) is 47.1 Å². The van der Waals surface area contributed by atoms with Crippen LogP contribution in [0.4, 0.5) is 10.7 Å². The van der Waals surface area contributed by atoms with Gasteiger partial charge in [-0.05, 0) is 36.8 Å². The van der Waals surface area contributed by atoms with E-state index in [1.807, 2.05) is 0 Å². The second-order valence-electron chi connectivity index (χ2n) is 7.35. The molecule has 3 aromatic rings. The van der Waals surface area contributed by atoms with Crippen molar-refractivity contribution in [3.05, 3.63) is 59.7 Å².